The molecular formula is C24H35N5OS. The third-order valence-corrected chi connectivity index (χ3v) is 6.80. The molecule has 1 aliphatic rings. The van der Waals surface area contributed by atoms with Gasteiger partial charge >= 0.3 is 0 Å². The second-order valence-electron chi connectivity index (χ2n) is 7.97. The van der Waals surface area contributed by atoms with Crippen LogP contribution in [-0.2, 0) is 11.3 Å². The number of benzene rings is 1. The first-order chi connectivity index (χ1) is 15.2. The van der Waals surface area contributed by atoms with Crippen LogP contribution in [-0.4, -0.2) is 45.6 Å². The molecule has 7 heteroatoms. The molecule has 1 N–H and O–H groups in total. The van der Waals surface area contributed by atoms with Crippen molar-refractivity contribution in [1.82, 2.24) is 20.1 Å². The fraction of sp³-hybridized carbons (Fsp3) is 0.542. The second kappa shape index (κ2) is 11.9. The smallest absolute Gasteiger partial charge is 0.230 e. The predicted molar refractivity (Wildman–Crippen MR) is 130 cm³/mol. The van der Waals surface area contributed by atoms with E-state index in [1.165, 1.54) is 43.1 Å². The van der Waals surface area contributed by atoms with Gasteiger partial charge in [0.15, 0.2) is 11.0 Å². The number of carbonyl (C=O) groups excluding carboxylic acids is 1. The average Bonchev–Trinajstić information content (AvgIpc) is 3.00. The van der Waals surface area contributed by atoms with E-state index in [1.54, 1.807) is 0 Å². The first-order valence-corrected chi connectivity index (χ1v) is 12.5. The number of nitrogens with zero attached hydrogens (tertiary/aromatic N) is 4. The lowest BCUT2D eigenvalue weighted by molar-refractivity contribution is -0.119. The summed E-state index contributed by atoms with van der Waals surface area (Å²) < 4.78 is 2.03. The Morgan fingerprint density at radius 3 is 2.45 bits per heavy atom. The maximum Gasteiger partial charge on any atom is 0.230 e. The van der Waals surface area contributed by atoms with Crippen LogP contribution >= 0.6 is 11.8 Å². The lowest BCUT2D eigenvalue weighted by Gasteiger charge is -2.21. The van der Waals surface area contributed by atoms with Crippen molar-refractivity contribution in [2.45, 2.75) is 70.1 Å². The normalized spacial score (nSPS) is 14.8. The fourth-order valence-corrected chi connectivity index (χ4v) is 4.89. The van der Waals surface area contributed by atoms with Crippen molar-refractivity contribution in [2.24, 2.45) is 0 Å². The Kier molecular flexibility index (Phi) is 9.00. The molecule has 3 rings (SSSR count). The van der Waals surface area contributed by atoms with Crippen LogP contribution in [0.25, 0.3) is 11.4 Å². The summed E-state index contributed by atoms with van der Waals surface area (Å²) in [4.78, 5) is 14.8. The number of carbonyl (C=O) groups is 1. The third kappa shape index (κ3) is 6.35. The van der Waals surface area contributed by atoms with Gasteiger partial charge in [0.25, 0.3) is 0 Å². The molecule has 1 amide bonds. The lowest BCUT2D eigenvalue weighted by atomic mass is 10.1. The molecule has 0 unspecified atom stereocenters. The molecule has 1 aromatic heterocycles. The number of rotatable bonds is 10. The van der Waals surface area contributed by atoms with Gasteiger partial charge in [-0.05, 0) is 51.0 Å². The maximum absolute atomic E-state index is 12.5. The second-order valence-corrected chi connectivity index (χ2v) is 8.91. The van der Waals surface area contributed by atoms with E-state index in [0.717, 1.165) is 42.5 Å². The minimum atomic E-state index is 0.0789. The van der Waals surface area contributed by atoms with Gasteiger partial charge in [-0.1, -0.05) is 43.5 Å². The largest absolute Gasteiger partial charge is 0.372 e. The van der Waals surface area contributed by atoms with E-state index in [-0.39, 0.29) is 5.91 Å². The van der Waals surface area contributed by atoms with Crippen LogP contribution < -0.4 is 10.2 Å². The van der Waals surface area contributed by atoms with Crippen LogP contribution in [0.5, 0.6) is 0 Å². The van der Waals surface area contributed by atoms with Gasteiger partial charge in [0.05, 0.1) is 5.75 Å². The first kappa shape index (κ1) is 23.4. The van der Waals surface area contributed by atoms with Crippen LogP contribution in [0.1, 0.15) is 52.4 Å². The quantitative estimate of drug-likeness (QED) is 0.322. The molecular weight excluding hydrogens is 406 g/mol. The Morgan fingerprint density at radius 1 is 1.16 bits per heavy atom. The molecule has 0 aliphatic heterocycles. The summed E-state index contributed by atoms with van der Waals surface area (Å²) in [6, 6.07) is 8.75. The topological polar surface area (TPSA) is 63.1 Å². The molecule has 1 aliphatic carbocycles. The molecule has 0 bridgehead atoms. The van der Waals surface area contributed by atoms with Crippen LogP contribution in [0, 0.1) is 0 Å². The highest BCUT2D eigenvalue weighted by Crippen LogP contribution is 2.26. The van der Waals surface area contributed by atoms with Crippen molar-refractivity contribution in [3.05, 3.63) is 36.9 Å². The maximum atomic E-state index is 12.5. The van der Waals surface area contributed by atoms with Crippen molar-refractivity contribution in [3.8, 4) is 11.4 Å². The van der Waals surface area contributed by atoms with Gasteiger partial charge < -0.3 is 10.2 Å². The fourth-order valence-electron chi connectivity index (χ4n) is 4.14. The van der Waals surface area contributed by atoms with Crippen LogP contribution in [0.4, 0.5) is 5.69 Å². The number of thioether (sulfide) groups is 1. The molecule has 6 nitrogen and oxygen atoms in total. The van der Waals surface area contributed by atoms with E-state index in [1.807, 2.05) is 10.6 Å². The van der Waals surface area contributed by atoms with Crippen LogP contribution in [0.15, 0.2) is 42.1 Å². The minimum absolute atomic E-state index is 0.0789. The predicted octanol–water partition coefficient (Wildman–Crippen LogP) is 4.91. The Hall–Kier alpha value is -2.28. The summed E-state index contributed by atoms with van der Waals surface area (Å²) >= 11 is 1.44. The lowest BCUT2D eigenvalue weighted by Crippen LogP contribution is -2.35. The van der Waals surface area contributed by atoms with Crippen molar-refractivity contribution in [2.75, 3.05) is 23.7 Å². The van der Waals surface area contributed by atoms with E-state index in [2.05, 4.69) is 65.1 Å². The highest BCUT2D eigenvalue weighted by Gasteiger charge is 2.18. The van der Waals surface area contributed by atoms with E-state index >= 15 is 0 Å². The van der Waals surface area contributed by atoms with Crippen LogP contribution in [0.2, 0.25) is 0 Å². The SMILES string of the molecule is C=CCn1c(SCC(=O)NC2CCCCCC2)nnc1-c1ccc(N(CC)CC)cc1. The number of aromatic nitrogens is 3. The van der Waals surface area contributed by atoms with Gasteiger partial charge in [0, 0.05) is 36.9 Å². The number of hydrogen-bond donors (Lipinski definition) is 1. The van der Waals surface area contributed by atoms with E-state index in [4.69, 9.17) is 0 Å². The molecule has 168 valence electrons. The Labute approximate surface area is 190 Å². The monoisotopic (exact) mass is 441 g/mol. The van der Waals surface area contributed by atoms with E-state index in [9.17, 15) is 4.79 Å². The van der Waals surface area contributed by atoms with Crippen molar-refractivity contribution in [3.63, 3.8) is 0 Å². The number of nitrogens with one attached hydrogen (secondary N) is 1. The van der Waals surface area contributed by atoms with E-state index < -0.39 is 0 Å². The van der Waals surface area contributed by atoms with Crippen molar-refractivity contribution < 1.29 is 4.79 Å². The zero-order chi connectivity index (χ0) is 22.1. The average molecular weight is 442 g/mol. The van der Waals surface area contributed by atoms with Gasteiger partial charge in [-0.3, -0.25) is 9.36 Å². The van der Waals surface area contributed by atoms with Gasteiger partial charge in [-0.25, -0.2) is 0 Å². The summed E-state index contributed by atoms with van der Waals surface area (Å²) in [6.07, 6.45) is 9.01. The van der Waals surface area contributed by atoms with Crippen molar-refractivity contribution >= 4 is 23.4 Å². The Balaban J connectivity index is 1.67. The Bertz CT molecular complexity index is 836. The number of allylic oxidation sites excluding steroid dienone is 1. The third-order valence-electron chi connectivity index (χ3n) is 5.84. The number of anilines is 1. The molecule has 0 radical (unpaired) electrons. The number of amides is 1. The minimum Gasteiger partial charge on any atom is -0.372 e. The number of hydrogen-bond acceptors (Lipinski definition) is 5. The molecule has 0 spiro atoms. The standard InChI is InChI=1S/C24H35N5OS/c1-4-17-29-23(19-13-15-21(16-14-19)28(5-2)6-3)26-27-24(29)31-18-22(30)25-20-11-9-7-8-10-12-20/h4,13-16,20H,1,5-12,17-18H2,2-3H3,(H,25,30). The zero-order valence-corrected chi connectivity index (χ0v) is 19.7. The molecule has 2 aromatic rings. The molecule has 1 heterocycles. The molecule has 0 atom stereocenters. The summed E-state index contributed by atoms with van der Waals surface area (Å²) in [6.45, 7) is 10.8. The van der Waals surface area contributed by atoms with Crippen LogP contribution in [0.3, 0.4) is 0 Å². The summed E-state index contributed by atoms with van der Waals surface area (Å²) in [7, 11) is 0. The molecule has 0 saturated heterocycles. The van der Waals surface area contributed by atoms with Gasteiger partial charge in [0.2, 0.25) is 5.91 Å². The van der Waals surface area contributed by atoms with Crippen molar-refractivity contribution in [1.29, 1.82) is 0 Å². The molecule has 1 fully saturated rings. The highest BCUT2D eigenvalue weighted by molar-refractivity contribution is 7.99. The first-order valence-electron chi connectivity index (χ1n) is 11.5. The van der Waals surface area contributed by atoms with Gasteiger partial charge in [-0.2, -0.15) is 0 Å². The molecule has 31 heavy (non-hydrogen) atoms. The molecule has 1 saturated carbocycles. The molecule has 1 aromatic carbocycles. The zero-order valence-electron chi connectivity index (χ0n) is 18.8. The van der Waals surface area contributed by atoms with Gasteiger partial charge in [-0.15, -0.1) is 16.8 Å². The van der Waals surface area contributed by atoms with E-state index in [0.29, 0.717) is 18.3 Å². The summed E-state index contributed by atoms with van der Waals surface area (Å²) in [5.74, 6) is 1.24. The summed E-state index contributed by atoms with van der Waals surface area (Å²) in [5, 5.41) is 12.8. The highest BCUT2D eigenvalue weighted by atomic mass is 32.2. The summed E-state index contributed by atoms with van der Waals surface area (Å²) in [5.41, 5.74) is 2.22. The van der Waals surface area contributed by atoms with Gasteiger partial charge in [0.1, 0.15) is 0 Å². The Morgan fingerprint density at radius 2 is 1.84 bits per heavy atom.